The molecule has 0 saturated heterocycles. The number of benzene rings is 1. The molecule has 0 aliphatic carbocycles. The fourth-order valence-electron chi connectivity index (χ4n) is 1.38. The van der Waals surface area contributed by atoms with Gasteiger partial charge in [-0.3, -0.25) is 4.79 Å². The second-order valence-electron chi connectivity index (χ2n) is 3.93. The molecule has 0 amide bonds. The van der Waals surface area contributed by atoms with Crippen LogP contribution in [-0.2, 0) is 4.79 Å². The summed E-state index contributed by atoms with van der Waals surface area (Å²) >= 11 is 0. The molecule has 3 N–H and O–H groups in total. The lowest BCUT2D eigenvalue weighted by Gasteiger charge is -2.22. The Balaban J connectivity index is 2.81. The lowest BCUT2D eigenvalue weighted by atomic mass is 9.92. The summed E-state index contributed by atoms with van der Waals surface area (Å²) in [6.07, 6.45) is -2.26. The maximum atomic E-state index is 11.1. The summed E-state index contributed by atoms with van der Waals surface area (Å²) in [5, 5.41) is 28.6. The van der Waals surface area contributed by atoms with Crippen molar-refractivity contribution in [3.05, 3.63) is 29.8 Å². The third-order valence-electron chi connectivity index (χ3n) is 2.71. The molecule has 0 bridgehead atoms. The van der Waals surface area contributed by atoms with E-state index in [1.54, 1.807) is 6.92 Å². The lowest BCUT2D eigenvalue weighted by molar-refractivity contribution is -0.126. The zero-order valence-corrected chi connectivity index (χ0v) is 9.29. The molecule has 1 aromatic rings. The molecule has 1 rings (SSSR count). The van der Waals surface area contributed by atoms with Crippen molar-refractivity contribution in [3.63, 3.8) is 0 Å². The topological polar surface area (TPSA) is 77.8 Å². The Morgan fingerprint density at radius 2 is 1.69 bits per heavy atom. The van der Waals surface area contributed by atoms with Crippen LogP contribution < -0.4 is 0 Å². The van der Waals surface area contributed by atoms with Crippen molar-refractivity contribution in [2.75, 3.05) is 0 Å². The molecule has 1 aromatic carbocycles. The average Bonchev–Trinajstić information content (AvgIpc) is 2.27. The van der Waals surface area contributed by atoms with Crippen LogP contribution in [0, 0.1) is 5.92 Å². The van der Waals surface area contributed by atoms with Crippen molar-refractivity contribution in [2.24, 2.45) is 5.92 Å². The number of rotatable bonds is 4. The molecule has 0 aliphatic rings. The molecule has 0 radical (unpaired) electrons. The number of carbonyl (C=O) groups is 1. The van der Waals surface area contributed by atoms with Gasteiger partial charge in [-0.2, -0.15) is 0 Å². The van der Waals surface area contributed by atoms with Crippen molar-refractivity contribution in [1.29, 1.82) is 0 Å². The summed E-state index contributed by atoms with van der Waals surface area (Å²) < 4.78 is 0. The minimum Gasteiger partial charge on any atom is -0.508 e. The monoisotopic (exact) mass is 224 g/mol. The summed E-state index contributed by atoms with van der Waals surface area (Å²) in [6.45, 7) is 2.94. The number of hydrogen-bond donors (Lipinski definition) is 3. The maximum Gasteiger partial charge on any atom is 0.135 e. The van der Waals surface area contributed by atoms with E-state index in [1.165, 1.54) is 31.2 Å². The average molecular weight is 224 g/mol. The van der Waals surface area contributed by atoms with Crippen LogP contribution in [0.2, 0.25) is 0 Å². The standard InChI is InChI=1S/C12H16O4/c1-7(8(2)13)11(15)12(16)9-3-5-10(14)6-4-9/h3-7,11-12,14-16H,1-2H3/t7-,11+,12?/m1/s1. The largest absolute Gasteiger partial charge is 0.508 e. The molecule has 0 spiro atoms. The zero-order chi connectivity index (χ0) is 12.3. The highest BCUT2D eigenvalue weighted by Crippen LogP contribution is 2.23. The molecule has 4 nitrogen and oxygen atoms in total. The van der Waals surface area contributed by atoms with Crippen LogP contribution in [-0.4, -0.2) is 27.2 Å². The zero-order valence-electron chi connectivity index (χ0n) is 9.29. The summed E-state index contributed by atoms with van der Waals surface area (Å²) in [4.78, 5) is 11.1. The molecule has 88 valence electrons. The fourth-order valence-corrected chi connectivity index (χ4v) is 1.38. The van der Waals surface area contributed by atoms with Gasteiger partial charge < -0.3 is 15.3 Å². The SMILES string of the molecule is CC(=O)[C@@H](C)[C@H](O)C(O)c1ccc(O)cc1. The second kappa shape index (κ2) is 5.09. The Kier molecular flexibility index (Phi) is 4.04. The Morgan fingerprint density at radius 1 is 1.19 bits per heavy atom. The molecular weight excluding hydrogens is 208 g/mol. The van der Waals surface area contributed by atoms with Gasteiger partial charge in [0.25, 0.3) is 0 Å². The first-order valence-corrected chi connectivity index (χ1v) is 5.09. The highest BCUT2D eigenvalue weighted by molar-refractivity contribution is 5.78. The molecule has 0 heterocycles. The summed E-state index contributed by atoms with van der Waals surface area (Å²) in [5.41, 5.74) is 0.471. The Hall–Kier alpha value is -1.39. The molecule has 0 aromatic heterocycles. The van der Waals surface area contributed by atoms with Gasteiger partial charge in [0.05, 0.1) is 6.10 Å². The van der Waals surface area contributed by atoms with Crippen molar-refractivity contribution < 1.29 is 20.1 Å². The van der Waals surface area contributed by atoms with Gasteiger partial charge in [-0.25, -0.2) is 0 Å². The van der Waals surface area contributed by atoms with E-state index in [0.29, 0.717) is 5.56 Å². The Bertz CT molecular complexity index is 358. The number of aliphatic hydroxyl groups excluding tert-OH is 2. The highest BCUT2D eigenvalue weighted by atomic mass is 16.3. The van der Waals surface area contributed by atoms with Gasteiger partial charge in [0, 0.05) is 5.92 Å². The van der Waals surface area contributed by atoms with Crippen molar-refractivity contribution >= 4 is 5.78 Å². The third kappa shape index (κ3) is 2.81. The first-order valence-electron chi connectivity index (χ1n) is 5.09. The number of ketones is 1. The van der Waals surface area contributed by atoms with Crippen LogP contribution in [0.1, 0.15) is 25.5 Å². The van der Waals surface area contributed by atoms with E-state index in [9.17, 15) is 15.0 Å². The van der Waals surface area contributed by atoms with E-state index < -0.39 is 18.1 Å². The number of hydrogen-bond acceptors (Lipinski definition) is 4. The predicted octanol–water partition coefficient (Wildman–Crippen LogP) is 1.01. The Labute approximate surface area is 94.2 Å². The number of aliphatic hydroxyl groups is 2. The van der Waals surface area contributed by atoms with Crippen LogP contribution in [0.25, 0.3) is 0 Å². The van der Waals surface area contributed by atoms with Crippen LogP contribution in [0.3, 0.4) is 0 Å². The first-order chi connectivity index (χ1) is 7.43. The lowest BCUT2D eigenvalue weighted by Crippen LogP contribution is -2.30. The van der Waals surface area contributed by atoms with E-state index in [0.717, 1.165) is 0 Å². The van der Waals surface area contributed by atoms with Gasteiger partial charge >= 0.3 is 0 Å². The van der Waals surface area contributed by atoms with Gasteiger partial charge in [-0.15, -0.1) is 0 Å². The van der Waals surface area contributed by atoms with E-state index in [2.05, 4.69) is 0 Å². The molecular formula is C12H16O4. The number of phenols is 1. The predicted molar refractivity (Wildman–Crippen MR) is 58.9 cm³/mol. The van der Waals surface area contributed by atoms with Crippen molar-refractivity contribution in [3.8, 4) is 5.75 Å². The van der Waals surface area contributed by atoms with Crippen molar-refractivity contribution in [2.45, 2.75) is 26.1 Å². The van der Waals surface area contributed by atoms with E-state index in [1.807, 2.05) is 0 Å². The van der Waals surface area contributed by atoms with Gasteiger partial charge in [0.2, 0.25) is 0 Å². The van der Waals surface area contributed by atoms with Gasteiger partial charge in [-0.1, -0.05) is 19.1 Å². The van der Waals surface area contributed by atoms with Gasteiger partial charge in [0.1, 0.15) is 17.6 Å². The summed E-state index contributed by atoms with van der Waals surface area (Å²) in [6, 6.07) is 5.86. The molecule has 16 heavy (non-hydrogen) atoms. The first kappa shape index (κ1) is 12.7. The van der Waals surface area contributed by atoms with Gasteiger partial charge in [-0.05, 0) is 24.6 Å². The van der Waals surface area contributed by atoms with Crippen molar-refractivity contribution in [1.82, 2.24) is 0 Å². The molecule has 4 heteroatoms. The quantitative estimate of drug-likeness (QED) is 0.713. The van der Waals surface area contributed by atoms with Gasteiger partial charge in [0.15, 0.2) is 0 Å². The fraction of sp³-hybridized carbons (Fsp3) is 0.417. The third-order valence-corrected chi connectivity index (χ3v) is 2.71. The maximum absolute atomic E-state index is 11.1. The summed E-state index contributed by atoms with van der Waals surface area (Å²) in [5.74, 6) is -0.709. The molecule has 1 unspecified atom stereocenters. The minimum absolute atomic E-state index is 0.0880. The Morgan fingerprint density at radius 3 is 2.12 bits per heavy atom. The normalized spacial score (nSPS) is 16.5. The van der Waals surface area contributed by atoms with E-state index in [4.69, 9.17) is 5.11 Å². The van der Waals surface area contributed by atoms with Crippen LogP contribution in [0.5, 0.6) is 5.75 Å². The second-order valence-corrected chi connectivity index (χ2v) is 3.93. The van der Waals surface area contributed by atoms with Crippen LogP contribution >= 0.6 is 0 Å². The smallest absolute Gasteiger partial charge is 0.135 e. The van der Waals surface area contributed by atoms with Crippen LogP contribution in [0.15, 0.2) is 24.3 Å². The number of carbonyl (C=O) groups excluding carboxylic acids is 1. The number of Topliss-reactive ketones (excluding diaryl/α,β-unsaturated/α-hetero) is 1. The molecule has 0 aliphatic heterocycles. The number of aromatic hydroxyl groups is 1. The number of phenolic OH excluding ortho intramolecular Hbond substituents is 1. The minimum atomic E-state index is -1.14. The molecule has 3 atom stereocenters. The summed E-state index contributed by atoms with van der Waals surface area (Å²) in [7, 11) is 0. The van der Waals surface area contributed by atoms with E-state index >= 15 is 0 Å². The highest BCUT2D eigenvalue weighted by Gasteiger charge is 2.26. The van der Waals surface area contributed by atoms with E-state index in [-0.39, 0.29) is 11.5 Å². The molecule has 0 fully saturated rings. The van der Waals surface area contributed by atoms with Crippen LogP contribution in [0.4, 0.5) is 0 Å². The molecule has 0 saturated carbocycles.